The summed E-state index contributed by atoms with van der Waals surface area (Å²) in [5, 5.41) is 2.27. The number of hydrogen-bond donors (Lipinski definition) is 0. The van der Waals surface area contributed by atoms with Gasteiger partial charge in [-0.05, 0) is 23.3 Å². The van der Waals surface area contributed by atoms with Crippen LogP contribution in [0.4, 0.5) is 4.39 Å². The Hall–Kier alpha value is -3.36. The van der Waals surface area contributed by atoms with Crippen LogP contribution in [0.1, 0.15) is 5.56 Å². The predicted molar refractivity (Wildman–Crippen MR) is 123 cm³/mol. The van der Waals surface area contributed by atoms with E-state index in [0.29, 0.717) is 35.5 Å². The van der Waals surface area contributed by atoms with Crippen LogP contribution < -0.4 is 5.56 Å². The van der Waals surface area contributed by atoms with Crippen molar-refractivity contribution in [2.45, 2.75) is 13.1 Å². The molecule has 0 atom stereocenters. The van der Waals surface area contributed by atoms with Crippen LogP contribution in [0, 0.1) is 5.82 Å². The third-order valence-electron chi connectivity index (χ3n) is 5.16. The van der Waals surface area contributed by atoms with Gasteiger partial charge in [0.25, 0.3) is 5.56 Å². The summed E-state index contributed by atoms with van der Waals surface area (Å²) >= 11 is 1.34. The van der Waals surface area contributed by atoms with Crippen LogP contribution in [0.15, 0.2) is 71.1 Å². The second kappa shape index (κ2) is 9.84. The van der Waals surface area contributed by atoms with Gasteiger partial charge in [-0.3, -0.25) is 14.2 Å². The lowest BCUT2D eigenvalue weighted by Crippen LogP contribution is -2.38. The van der Waals surface area contributed by atoms with E-state index in [2.05, 4.69) is 4.98 Å². The quantitative estimate of drug-likeness (QED) is 0.407. The highest BCUT2D eigenvalue weighted by Crippen LogP contribution is 2.30. The number of ether oxygens (including phenoxy) is 1. The average Bonchev–Trinajstić information content (AvgIpc) is 3.24. The summed E-state index contributed by atoms with van der Waals surface area (Å²) < 4.78 is 19.8. The van der Waals surface area contributed by atoms with Crippen LogP contribution in [0.3, 0.4) is 0 Å². The van der Waals surface area contributed by atoms with Gasteiger partial charge in [-0.25, -0.2) is 9.37 Å². The Morgan fingerprint density at radius 3 is 2.62 bits per heavy atom. The molecule has 0 fully saturated rings. The standard InChI is InChI=1S/C24H22FN3O3S/c1-31-12-11-27(13-17-5-3-2-4-6-17)21(29)14-28-16-26-23-22(24(28)30)20(15-32-23)18-7-9-19(25)10-8-18/h2-10,15-16H,11-14H2,1H3. The lowest BCUT2D eigenvalue weighted by atomic mass is 10.1. The first-order valence-electron chi connectivity index (χ1n) is 10.1. The van der Waals surface area contributed by atoms with Gasteiger partial charge in [0.05, 0.1) is 18.3 Å². The number of fused-ring (bicyclic) bond motifs is 1. The number of nitrogens with zero attached hydrogens (tertiary/aromatic N) is 3. The van der Waals surface area contributed by atoms with Crippen molar-refractivity contribution in [2.75, 3.05) is 20.3 Å². The first-order valence-corrected chi connectivity index (χ1v) is 11.0. The van der Waals surface area contributed by atoms with E-state index >= 15 is 0 Å². The molecular weight excluding hydrogens is 429 g/mol. The monoisotopic (exact) mass is 451 g/mol. The zero-order valence-corrected chi connectivity index (χ0v) is 18.3. The zero-order chi connectivity index (χ0) is 22.5. The van der Waals surface area contributed by atoms with Crippen LogP contribution in [0.2, 0.25) is 0 Å². The molecule has 2 heterocycles. The molecule has 2 aromatic carbocycles. The van der Waals surface area contributed by atoms with Gasteiger partial charge in [-0.15, -0.1) is 11.3 Å². The molecule has 0 N–H and O–H groups in total. The Bertz CT molecular complexity index is 1270. The summed E-state index contributed by atoms with van der Waals surface area (Å²) in [5.74, 6) is -0.545. The summed E-state index contributed by atoms with van der Waals surface area (Å²) in [6.07, 6.45) is 1.41. The van der Waals surface area contributed by atoms with E-state index in [1.807, 2.05) is 35.7 Å². The number of benzene rings is 2. The highest BCUT2D eigenvalue weighted by molar-refractivity contribution is 7.17. The summed E-state index contributed by atoms with van der Waals surface area (Å²) in [4.78, 5) is 33.0. The van der Waals surface area contributed by atoms with Gasteiger partial charge in [-0.2, -0.15) is 0 Å². The number of carbonyl (C=O) groups excluding carboxylic acids is 1. The molecule has 0 aliphatic heterocycles. The minimum absolute atomic E-state index is 0.128. The van der Waals surface area contributed by atoms with Crippen LogP contribution in [-0.2, 0) is 22.6 Å². The number of rotatable bonds is 8. The highest BCUT2D eigenvalue weighted by Gasteiger charge is 2.18. The summed E-state index contributed by atoms with van der Waals surface area (Å²) in [6, 6.07) is 15.6. The number of amides is 1. The Morgan fingerprint density at radius 2 is 1.91 bits per heavy atom. The number of thiophene rings is 1. The third kappa shape index (κ3) is 4.76. The van der Waals surface area contributed by atoms with Gasteiger partial charge in [0.1, 0.15) is 17.2 Å². The smallest absolute Gasteiger partial charge is 0.263 e. The average molecular weight is 452 g/mol. The molecule has 6 nitrogen and oxygen atoms in total. The van der Waals surface area contributed by atoms with Crippen molar-refractivity contribution in [1.82, 2.24) is 14.5 Å². The zero-order valence-electron chi connectivity index (χ0n) is 17.5. The lowest BCUT2D eigenvalue weighted by molar-refractivity contribution is -0.133. The topological polar surface area (TPSA) is 64.4 Å². The summed E-state index contributed by atoms with van der Waals surface area (Å²) in [6.45, 7) is 1.10. The number of halogens is 1. The second-order valence-corrected chi connectivity index (χ2v) is 8.17. The van der Waals surface area contributed by atoms with E-state index in [0.717, 1.165) is 11.1 Å². The minimum atomic E-state index is -0.344. The van der Waals surface area contributed by atoms with Gasteiger partial charge in [0.2, 0.25) is 5.91 Å². The third-order valence-corrected chi connectivity index (χ3v) is 6.04. The number of carbonyl (C=O) groups is 1. The van der Waals surface area contributed by atoms with Crippen molar-refractivity contribution in [3.05, 3.63) is 88.0 Å². The van der Waals surface area contributed by atoms with Crippen LogP contribution in [-0.4, -0.2) is 40.6 Å². The lowest BCUT2D eigenvalue weighted by Gasteiger charge is -2.23. The molecule has 0 saturated carbocycles. The van der Waals surface area contributed by atoms with Crippen molar-refractivity contribution in [1.29, 1.82) is 0 Å². The molecule has 2 aromatic heterocycles. The predicted octanol–water partition coefficient (Wildman–Crippen LogP) is 3.94. The van der Waals surface area contributed by atoms with Crippen molar-refractivity contribution in [3.63, 3.8) is 0 Å². The number of aromatic nitrogens is 2. The Labute approximate surface area is 188 Å². The van der Waals surface area contributed by atoms with Gasteiger partial charge >= 0.3 is 0 Å². The first-order chi connectivity index (χ1) is 15.6. The molecule has 0 bridgehead atoms. The van der Waals surface area contributed by atoms with Crippen molar-refractivity contribution in [3.8, 4) is 11.1 Å². The number of methoxy groups -OCH3 is 1. The molecule has 32 heavy (non-hydrogen) atoms. The molecule has 0 unspecified atom stereocenters. The van der Waals surface area contributed by atoms with Crippen molar-refractivity contribution < 1.29 is 13.9 Å². The normalized spacial score (nSPS) is 11.1. The van der Waals surface area contributed by atoms with Crippen LogP contribution >= 0.6 is 11.3 Å². The molecule has 8 heteroatoms. The van der Waals surface area contributed by atoms with Gasteiger partial charge in [0.15, 0.2) is 0 Å². The van der Waals surface area contributed by atoms with Gasteiger partial charge in [-0.1, -0.05) is 42.5 Å². The molecule has 0 spiro atoms. The van der Waals surface area contributed by atoms with E-state index in [9.17, 15) is 14.0 Å². The van der Waals surface area contributed by atoms with E-state index in [1.165, 1.54) is 34.4 Å². The first kappa shape index (κ1) is 21.9. The summed E-state index contributed by atoms with van der Waals surface area (Å²) in [5.41, 5.74) is 2.11. The molecule has 0 aliphatic carbocycles. The molecular formula is C24H22FN3O3S. The largest absolute Gasteiger partial charge is 0.383 e. The Balaban J connectivity index is 1.63. The molecule has 4 aromatic rings. The Kier molecular flexibility index (Phi) is 6.72. The number of hydrogen-bond acceptors (Lipinski definition) is 5. The fraction of sp³-hybridized carbons (Fsp3) is 0.208. The molecule has 1 amide bonds. The van der Waals surface area contributed by atoms with E-state index in [1.54, 1.807) is 24.1 Å². The van der Waals surface area contributed by atoms with Crippen LogP contribution in [0.5, 0.6) is 0 Å². The van der Waals surface area contributed by atoms with Crippen LogP contribution in [0.25, 0.3) is 21.3 Å². The van der Waals surface area contributed by atoms with E-state index < -0.39 is 0 Å². The molecule has 4 rings (SSSR count). The second-order valence-electron chi connectivity index (χ2n) is 7.31. The van der Waals surface area contributed by atoms with Gasteiger partial charge in [0, 0.05) is 31.1 Å². The molecule has 0 aliphatic rings. The highest BCUT2D eigenvalue weighted by atomic mass is 32.1. The maximum Gasteiger partial charge on any atom is 0.263 e. The molecule has 0 radical (unpaired) electrons. The van der Waals surface area contributed by atoms with E-state index in [-0.39, 0.29) is 23.8 Å². The van der Waals surface area contributed by atoms with E-state index in [4.69, 9.17) is 4.74 Å². The van der Waals surface area contributed by atoms with Crippen molar-refractivity contribution >= 4 is 27.5 Å². The van der Waals surface area contributed by atoms with Gasteiger partial charge < -0.3 is 9.64 Å². The summed E-state index contributed by atoms with van der Waals surface area (Å²) in [7, 11) is 1.58. The maximum atomic E-state index is 13.3. The fourth-order valence-electron chi connectivity index (χ4n) is 3.47. The molecule has 164 valence electrons. The SMILES string of the molecule is COCCN(Cc1ccccc1)C(=O)Cn1cnc2scc(-c3ccc(F)cc3)c2c1=O. The maximum absolute atomic E-state index is 13.3. The van der Waals surface area contributed by atoms with Crippen molar-refractivity contribution in [2.24, 2.45) is 0 Å². The molecule has 0 saturated heterocycles. The minimum Gasteiger partial charge on any atom is -0.383 e. The Morgan fingerprint density at radius 1 is 1.16 bits per heavy atom. The fourth-order valence-corrected chi connectivity index (χ4v) is 4.37.